The van der Waals surface area contributed by atoms with Crippen molar-refractivity contribution in [1.82, 2.24) is 9.97 Å². The second kappa shape index (κ2) is 6.45. The number of nitrogens with zero attached hydrogens (tertiary/aromatic N) is 2. The summed E-state index contributed by atoms with van der Waals surface area (Å²) in [5.41, 5.74) is 4.81. The Balaban J connectivity index is 1.97. The van der Waals surface area contributed by atoms with Gasteiger partial charge in [0.05, 0.1) is 0 Å². The molecule has 0 atom stereocenters. The predicted molar refractivity (Wildman–Crippen MR) is 88.3 cm³/mol. The molecule has 0 amide bonds. The zero-order chi connectivity index (χ0) is 14.7. The highest BCUT2D eigenvalue weighted by molar-refractivity contribution is 7.98. The molecule has 1 saturated carbocycles. The summed E-state index contributed by atoms with van der Waals surface area (Å²) in [6.45, 7) is 0. The van der Waals surface area contributed by atoms with Crippen molar-refractivity contribution in [2.24, 2.45) is 5.84 Å². The van der Waals surface area contributed by atoms with Crippen LogP contribution >= 0.6 is 11.8 Å². The van der Waals surface area contributed by atoms with Crippen molar-refractivity contribution in [3.63, 3.8) is 0 Å². The molecule has 110 valence electrons. The van der Waals surface area contributed by atoms with Crippen LogP contribution in [-0.2, 0) is 0 Å². The smallest absolute Gasteiger partial charge is 0.161 e. The first-order chi connectivity index (χ1) is 10.3. The maximum Gasteiger partial charge on any atom is 0.161 e. The Morgan fingerprint density at radius 2 is 1.86 bits per heavy atom. The van der Waals surface area contributed by atoms with E-state index in [1.165, 1.54) is 30.6 Å². The summed E-state index contributed by atoms with van der Waals surface area (Å²) in [5.74, 6) is 7.55. The largest absolute Gasteiger partial charge is 0.308 e. The first kappa shape index (κ1) is 14.4. The second-order valence-corrected chi connectivity index (χ2v) is 6.24. The van der Waals surface area contributed by atoms with Gasteiger partial charge in [0.2, 0.25) is 0 Å². The van der Waals surface area contributed by atoms with Gasteiger partial charge in [0.25, 0.3) is 0 Å². The maximum atomic E-state index is 5.57. The molecule has 3 rings (SSSR count). The zero-order valence-electron chi connectivity index (χ0n) is 12.2. The third kappa shape index (κ3) is 3.19. The van der Waals surface area contributed by atoms with E-state index in [1.807, 2.05) is 6.07 Å². The lowest BCUT2D eigenvalue weighted by molar-refractivity contribution is 0.695. The first-order valence-electron chi connectivity index (χ1n) is 7.30. The molecule has 4 nitrogen and oxygen atoms in total. The summed E-state index contributed by atoms with van der Waals surface area (Å²) >= 11 is 1.73. The highest BCUT2D eigenvalue weighted by Crippen LogP contribution is 2.34. The molecule has 1 fully saturated rings. The van der Waals surface area contributed by atoms with Gasteiger partial charge in [-0.1, -0.05) is 25.0 Å². The van der Waals surface area contributed by atoms with E-state index in [2.05, 4.69) is 40.9 Å². The van der Waals surface area contributed by atoms with Crippen LogP contribution in [0.4, 0.5) is 5.82 Å². The number of nitrogens with one attached hydrogen (secondary N) is 1. The lowest BCUT2D eigenvalue weighted by Gasteiger charge is -2.12. The highest BCUT2D eigenvalue weighted by atomic mass is 32.2. The third-order valence-electron chi connectivity index (χ3n) is 4.02. The molecule has 0 aliphatic heterocycles. The van der Waals surface area contributed by atoms with E-state index < -0.39 is 0 Å². The zero-order valence-corrected chi connectivity index (χ0v) is 13.0. The molecule has 2 aromatic rings. The number of anilines is 1. The van der Waals surface area contributed by atoms with Gasteiger partial charge in [-0.15, -0.1) is 11.8 Å². The van der Waals surface area contributed by atoms with Gasteiger partial charge in [0.15, 0.2) is 5.82 Å². The van der Waals surface area contributed by atoms with E-state index in [4.69, 9.17) is 10.8 Å². The molecule has 0 bridgehead atoms. The lowest BCUT2D eigenvalue weighted by Crippen LogP contribution is -2.11. The number of aromatic nitrogens is 2. The van der Waals surface area contributed by atoms with Crippen molar-refractivity contribution in [1.29, 1.82) is 0 Å². The van der Waals surface area contributed by atoms with Crippen LogP contribution in [0.1, 0.15) is 37.3 Å². The van der Waals surface area contributed by atoms with Crippen LogP contribution in [0.15, 0.2) is 35.2 Å². The van der Waals surface area contributed by atoms with E-state index >= 15 is 0 Å². The number of nitrogens with two attached hydrogens (primary N) is 1. The minimum absolute atomic E-state index is 0.546. The Morgan fingerprint density at radius 1 is 1.14 bits per heavy atom. The Morgan fingerprint density at radius 3 is 2.48 bits per heavy atom. The molecule has 21 heavy (non-hydrogen) atoms. The van der Waals surface area contributed by atoms with Crippen LogP contribution in [-0.4, -0.2) is 16.2 Å². The fraction of sp³-hybridized carbons (Fsp3) is 0.375. The quantitative estimate of drug-likeness (QED) is 0.511. The van der Waals surface area contributed by atoms with E-state index in [-0.39, 0.29) is 0 Å². The summed E-state index contributed by atoms with van der Waals surface area (Å²) in [6.07, 6.45) is 7.08. The molecule has 1 aromatic carbocycles. The van der Waals surface area contributed by atoms with Crippen molar-refractivity contribution in [2.75, 3.05) is 11.7 Å². The predicted octanol–water partition coefficient (Wildman–Crippen LogP) is 3.81. The van der Waals surface area contributed by atoms with Crippen molar-refractivity contribution < 1.29 is 0 Å². The van der Waals surface area contributed by atoms with Crippen LogP contribution in [0.25, 0.3) is 11.4 Å². The summed E-state index contributed by atoms with van der Waals surface area (Å²) in [4.78, 5) is 10.5. The minimum atomic E-state index is 0.546. The van der Waals surface area contributed by atoms with Crippen LogP contribution in [0.2, 0.25) is 0 Å². The normalized spacial score (nSPS) is 15.3. The SMILES string of the molecule is CSc1ccc(-c2nc(NN)cc(C3CCCC3)n2)cc1. The van der Waals surface area contributed by atoms with Gasteiger partial charge in [0, 0.05) is 28.1 Å². The fourth-order valence-electron chi connectivity index (χ4n) is 2.84. The fourth-order valence-corrected chi connectivity index (χ4v) is 3.25. The van der Waals surface area contributed by atoms with E-state index in [9.17, 15) is 0 Å². The molecule has 0 radical (unpaired) electrons. The molecule has 0 unspecified atom stereocenters. The monoisotopic (exact) mass is 300 g/mol. The lowest BCUT2D eigenvalue weighted by atomic mass is 10.0. The summed E-state index contributed by atoms with van der Waals surface area (Å²) in [5, 5.41) is 0. The molecule has 1 aliphatic carbocycles. The van der Waals surface area contributed by atoms with Gasteiger partial charge < -0.3 is 5.43 Å². The van der Waals surface area contributed by atoms with Crippen molar-refractivity contribution in [3.05, 3.63) is 36.0 Å². The minimum Gasteiger partial charge on any atom is -0.308 e. The average molecular weight is 300 g/mol. The van der Waals surface area contributed by atoms with Crippen molar-refractivity contribution in [3.8, 4) is 11.4 Å². The summed E-state index contributed by atoms with van der Waals surface area (Å²) < 4.78 is 0. The Hall–Kier alpha value is -1.59. The second-order valence-electron chi connectivity index (χ2n) is 5.36. The van der Waals surface area contributed by atoms with Crippen molar-refractivity contribution >= 4 is 17.6 Å². The third-order valence-corrected chi connectivity index (χ3v) is 4.76. The van der Waals surface area contributed by atoms with Gasteiger partial charge in [-0.3, -0.25) is 0 Å². The van der Waals surface area contributed by atoms with Crippen LogP contribution in [0, 0.1) is 0 Å². The van der Waals surface area contributed by atoms with Crippen molar-refractivity contribution in [2.45, 2.75) is 36.5 Å². The number of rotatable bonds is 4. The molecule has 1 aliphatic rings. The topological polar surface area (TPSA) is 63.8 Å². The molecule has 1 aromatic heterocycles. The first-order valence-corrected chi connectivity index (χ1v) is 8.52. The van der Waals surface area contributed by atoms with Crippen LogP contribution in [0.5, 0.6) is 0 Å². The number of nitrogen functional groups attached to an aromatic ring is 1. The Labute approximate surface area is 129 Å². The van der Waals surface area contributed by atoms with E-state index in [1.54, 1.807) is 11.8 Å². The van der Waals surface area contributed by atoms with E-state index in [0.717, 1.165) is 17.1 Å². The highest BCUT2D eigenvalue weighted by Gasteiger charge is 2.20. The van der Waals surface area contributed by atoms with Gasteiger partial charge in [-0.25, -0.2) is 15.8 Å². The molecular weight excluding hydrogens is 280 g/mol. The standard InChI is InChI=1S/C16H20N4S/c1-21-13-8-6-12(7-9-13)16-18-14(10-15(19-16)20-17)11-4-2-3-5-11/h6-11H,2-5,17H2,1H3,(H,18,19,20). The van der Waals surface area contributed by atoms with Gasteiger partial charge in [0.1, 0.15) is 5.82 Å². The van der Waals surface area contributed by atoms with E-state index in [0.29, 0.717) is 11.7 Å². The molecule has 0 saturated heterocycles. The summed E-state index contributed by atoms with van der Waals surface area (Å²) in [7, 11) is 0. The van der Waals surface area contributed by atoms with Crippen LogP contribution in [0.3, 0.4) is 0 Å². The number of thioether (sulfide) groups is 1. The maximum absolute atomic E-state index is 5.57. The molecule has 3 N–H and O–H groups in total. The molecule has 1 heterocycles. The van der Waals surface area contributed by atoms with Gasteiger partial charge in [-0.2, -0.15) is 0 Å². The molecule has 0 spiro atoms. The van der Waals surface area contributed by atoms with Gasteiger partial charge >= 0.3 is 0 Å². The molecule has 5 heteroatoms. The number of hydrogen-bond acceptors (Lipinski definition) is 5. The number of hydrogen-bond donors (Lipinski definition) is 2. The number of benzene rings is 1. The summed E-state index contributed by atoms with van der Waals surface area (Å²) in [6, 6.07) is 10.3. The van der Waals surface area contributed by atoms with Gasteiger partial charge in [-0.05, 0) is 31.2 Å². The number of hydrazine groups is 1. The average Bonchev–Trinajstić information content (AvgIpc) is 3.09. The van der Waals surface area contributed by atoms with Crippen LogP contribution < -0.4 is 11.3 Å². The Bertz CT molecular complexity index is 606. The Kier molecular flexibility index (Phi) is 4.41. The molecular formula is C16H20N4S.